The van der Waals surface area contributed by atoms with Gasteiger partial charge in [0.25, 0.3) is 0 Å². The predicted octanol–water partition coefficient (Wildman–Crippen LogP) is -0.453. The molecule has 0 bridgehead atoms. The Morgan fingerprint density at radius 2 is 2.00 bits per heavy atom. The Labute approximate surface area is 84.8 Å². The quantitative estimate of drug-likeness (QED) is 0.630. The Kier molecular flexibility index (Phi) is 2.74. The third-order valence-corrected chi connectivity index (χ3v) is 3.56. The SMILES string of the molecule is NCC1(C(=O)N2CCNCC2)CCC1. The average Bonchev–Trinajstić information content (AvgIpc) is 2.18. The lowest BCUT2D eigenvalue weighted by Crippen LogP contribution is -2.56. The minimum absolute atomic E-state index is 0.183. The third kappa shape index (κ3) is 1.53. The summed E-state index contributed by atoms with van der Waals surface area (Å²) in [7, 11) is 0. The number of hydrogen-bond donors (Lipinski definition) is 2. The molecule has 0 radical (unpaired) electrons. The molecule has 0 unspecified atom stereocenters. The second-order valence-corrected chi connectivity index (χ2v) is 4.38. The van der Waals surface area contributed by atoms with Gasteiger partial charge < -0.3 is 16.0 Å². The van der Waals surface area contributed by atoms with Gasteiger partial charge in [0, 0.05) is 32.7 Å². The van der Waals surface area contributed by atoms with Gasteiger partial charge in [0.1, 0.15) is 0 Å². The van der Waals surface area contributed by atoms with E-state index in [2.05, 4.69) is 5.32 Å². The van der Waals surface area contributed by atoms with E-state index in [0.29, 0.717) is 12.5 Å². The van der Waals surface area contributed by atoms with Crippen LogP contribution < -0.4 is 11.1 Å². The molecule has 14 heavy (non-hydrogen) atoms. The minimum Gasteiger partial charge on any atom is -0.340 e. The van der Waals surface area contributed by atoms with Crippen molar-refractivity contribution in [1.29, 1.82) is 0 Å². The number of nitrogens with zero attached hydrogens (tertiary/aromatic N) is 1. The van der Waals surface area contributed by atoms with Gasteiger partial charge in [-0.15, -0.1) is 0 Å². The standard InChI is InChI=1S/C10H19N3O/c11-8-10(2-1-3-10)9(14)13-6-4-12-5-7-13/h12H,1-8,11H2. The summed E-state index contributed by atoms with van der Waals surface area (Å²) in [6, 6.07) is 0. The number of piperazine rings is 1. The summed E-state index contributed by atoms with van der Waals surface area (Å²) in [5.41, 5.74) is 5.53. The molecule has 0 aromatic carbocycles. The predicted molar refractivity (Wildman–Crippen MR) is 54.8 cm³/mol. The molecule has 1 amide bonds. The van der Waals surface area contributed by atoms with Crippen molar-refractivity contribution < 1.29 is 4.79 Å². The first-order valence-electron chi connectivity index (χ1n) is 5.49. The zero-order valence-corrected chi connectivity index (χ0v) is 8.59. The topological polar surface area (TPSA) is 58.4 Å². The summed E-state index contributed by atoms with van der Waals surface area (Å²) in [4.78, 5) is 14.1. The molecule has 4 heteroatoms. The maximum absolute atomic E-state index is 12.2. The van der Waals surface area contributed by atoms with Crippen LogP contribution in [0.1, 0.15) is 19.3 Å². The normalized spacial score (nSPS) is 25.6. The Balaban J connectivity index is 1.98. The van der Waals surface area contributed by atoms with Gasteiger partial charge in [0.05, 0.1) is 5.41 Å². The highest BCUT2D eigenvalue weighted by atomic mass is 16.2. The molecule has 4 nitrogen and oxygen atoms in total. The van der Waals surface area contributed by atoms with Gasteiger partial charge in [-0.3, -0.25) is 4.79 Å². The Morgan fingerprint density at radius 3 is 2.43 bits per heavy atom. The van der Waals surface area contributed by atoms with E-state index in [-0.39, 0.29) is 5.41 Å². The molecule has 0 aromatic rings. The number of rotatable bonds is 2. The van der Waals surface area contributed by atoms with Gasteiger partial charge in [0.2, 0.25) is 5.91 Å². The zero-order valence-electron chi connectivity index (χ0n) is 8.59. The smallest absolute Gasteiger partial charge is 0.230 e. The Hall–Kier alpha value is -0.610. The molecule has 2 rings (SSSR count). The average molecular weight is 197 g/mol. The minimum atomic E-state index is -0.183. The van der Waals surface area contributed by atoms with Crippen molar-refractivity contribution in [2.75, 3.05) is 32.7 Å². The van der Waals surface area contributed by atoms with Gasteiger partial charge in [-0.2, -0.15) is 0 Å². The van der Waals surface area contributed by atoms with Crippen molar-refractivity contribution in [3.63, 3.8) is 0 Å². The number of nitrogens with one attached hydrogen (secondary N) is 1. The number of carbonyl (C=O) groups is 1. The first kappa shape index (κ1) is 9.93. The molecule has 80 valence electrons. The maximum Gasteiger partial charge on any atom is 0.230 e. The molecular weight excluding hydrogens is 178 g/mol. The van der Waals surface area contributed by atoms with Crippen LogP contribution in [0.3, 0.4) is 0 Å². The highest BCUT2D eigenvalue weighted by Gasteiger charge is 2.45. The highest BCUT2D eigenvalue weighted by Crippen LogP contribution is 2.41. The number of nitrogens with two attached hydrogens (primary N) is 1. The fourth-order valence-electron chi connectivity index (χ4n) is 2.31. The van der Waals surface area contributed by atoms with E-state index < -0.39 is 0 Å². The van der Waals surface area contributed by atoms with Crippen molar-refractivity contribution in [2.24, 2.45) is 11.1 Å². The lowest BCUT2D eigenvalue weighted by molar-refractivity contribution is -0.147. The van der Waals surface area contributed by atoms with Gasteiger partial charge >= 0.3 is 0 Å². The first-order chi connectivity index (χ1) is 6.78. The number of amides is 1. The summed E-state index contributed by atoms with van der Waals surface area (Å²) in [5.74, 6) is 0.299. The fourth-order valence-corrected chi connectivity index (χ4v) is 2.31. The van der Waals surface area contributed by atoms with Crippen molar-refractivity contribution in [3.8, 4) is 0 Å². The molecule has 0 spiro atoms. The summed E-state index contributed by atoms with van der Waals surface area (Å²) in [6.45, 7) is 4.07. The van der Waals surface area contributed by atoms with Crippen molar-refractivity contribution in [1.82, 2.24) is 10.2 Å². The highest BCUT2D eigenvalue weighted by molar-refractivity contribution is 5.84. The van der Waals surface area contributed by atoms with Crippen LogP contribution in [0.15, 0.2) is 0 Å². The molecule has 0 atom stereocenters. The third-order valence-electron chi connectivity index (χ3n) is 3.56. The van der Waals surface area contributed by atoms with Gasteiger partial charge in [-0.1, -0.05) is 6.42 Å². The van der Waals surface area contributed by atoms with E-state index in [1.165, 1.54) is 0 Å². The van der Waals surface area contributed by atoms with Gasteiger partial charge in [0.15, 0.2) is 0 Å². The number of carbonyl (C=O) groups excluding carboxylic acids is 1. The Morgan fingerprint density at radius 1 is 1.36 bits per heavy atom. The van der Waals surface area contributed by atoms with Crippen molar-refractivity contribution in [3.05, 3.63) is 0 Å². The molecule has 2 aliphatic rings. The molecule has 1 aliphatic heterocycles. The second-order valence-electron chi connectivity index (χ2n) is 4.38. The van der Waals surface area contributed by atoms with Crippen LogP contribution in [-0.2, 0) is 4.79 Å². The molecule has 2 fully saturated rings. The summed E-state index contributed by atoms with van der Waals surface area (Å²) >= 11 is 0. The van der Waals surface area contributed by atoms with Crippen LogP contribution in [0.25, 0.3) is 0 Å². The van der Waals surface area contributed by atoms with E-state index in [1.54, 1.807) is 0 Å². The monoisotopic (exact) mass is 197 g/mol. The molecule has 1 aliphatic carbocycles. The molecule has 3 N–H and O–H groups in total. The van der Waals surface area contributed by atoms with E-state index in [1.807, 2.05) is 4.90 Å². The van der Waals surface area contributed by atoms with Gasteiger partial charge in [-0.05, 0) is 12.8 Å². The maximum atomic E-state index is 12.2. The molecule has 1 heterocycles. The van der Waals surface area contributed by atoms with Crippen LogP contribution in [0.2, 0.25) is 0 Å². The summed E-state index contributed by atoms with van der Waals surface area (Å²) in [6.07, 6.45) is 3.15. The lowest BCUT2D eigenvalue weighted by Gasteiger charge is -2.43. The van der Waals surface area contributed by atoms with Crippen LogP contribution in [0.4, 0.5) is 0 Å². The molecule has 0 aromatic heterocycles. The molecular formula is C10H19N3O. The van der Waals surface area contributed by atoms with E-state index >= 15 is 0 Å². The van der Waals surface area contributed by atoms with E-state index in [9.17, 15) is 4.79 Å². The van der Waals surface area contributed by atoms with E-state index in [0.717, 1.165) is 45.4 Å². The number of hydrogen-bond acceptors (Lipinski definition) is 3. The van der Waals surface area contributed by atoms with Crippen LogP contribution in [0.5, 0.6) is 0 Å². The van der Waals surface area contributed by atoms with Crippen molar-refractivity contribution in [2.45, 2.75) is 19.3 Å². The Bertz CT molecular complexity index is 214. The zero-order chi connectivity index (χ0) is 10.0. The largest absolute Gasteiger partial charge is 0.340 e. The summed E-state index contributed by atoms with van der Waals surface area (Å²) < 4.78 is 0. The van der Waals surface area contributed by atoms with Crippen LogP contribution >= 0.6 is 0 Å². The molecule has 1 saturated carbocycles. The fraction of sp³-hybridized carbons (Fsp3) is 0.900. The summed E-state index contributed by atoms with van der Waals surface area (Å²) in [5, 5.41) is 3.25. The van der Waals surface area contributed by atoms with Crippen LogP contribution in [-0.4, -0.2) is 43.5 Å². The van der Waals surface area contributed by atoms with Gasteiger partial charge in [-0.25, -0.2) is 0 Å². The van der Waals surface area contributed by atoms with Crippen molar-refractivity contribution >= 4 is 5.91 Å². The second kappa shape index (κ2) is 3.87. The first-order valence-corrected chi connectivity index (χ1v) is 5.49. The lowest BCUT2D eigenvalue weighted by atomic mass is 9.67. The molecule has 1 saturated heterocycles. The van der Waals surface area contributed by atoms with Crippen LogP contribution in [0, 0.1) is 5.41 Å². The van der Waals surface area contributed by atoms with E-state index in [4.69, 9.17) is 5.73 Å².